The SMILES string of the molecule is COc1cccc(-c2cn3c(CC(=O)Nc4ccc(C)cc4C)csc3n2)c1. The van der Waals surface area contributed by atoms with E-state index in [0.29, 0.717) is 6.42 Å². The number of rotatable bonds is 5. The lowest BCUT2D eigenvalue weighted by Crippen LogP contribution is -2.16. The number of hydrogen-bond donors (Lipinski definition) is 1. The zero-order chi connectivity index (χ0) is 19.7. The third kappa shape index (κ3) is 3.64. The molecule has 4 rings (SSSR count). The van der Waals surface area contributed by atoms with E-state index in [2.05, 4.69) is 16.4 Å². The van der Waals surface area contributed by atoms with Gasteiger partial charge in [-0.3, -0.25) is 9.20 Å². The highest BCUT2D eigenvalue weighted by molar-refractivity contribution is 7.15. The maximum Gasteiger partial charge on any atom is 0.230 e. The number of aromatic nitrogens is 2. The predicted octanol–water partition coefficient (Wildman–Crippen LogP) is 4.87. The molecule has 0 aliphatic rings. The number of fused-ring (bicyclic) bond motifs is 1. The summed E-state index contributed by atoms with van der Waals surface area (Å²) in [5, 5.41) is 4.99. The van der Waals surface area contributed by atoms with E-state index >= 15 is 0 Å². The second-order valence-electron chi connectivity index (χ2n) is 6.78. The Hall–Kier alpha value is -3.12. The number of carbonyl (C=O) groups is 1. The van der Waals surface area contributed by atoms with Crippen LogP contribution in [0.2, 0.25) is 0 Å². The van der Waals surface area contributed by atoms with Gasteiger partial charge in [0, 0.05) is 28.5 Å². The molecule has 5 nitrogen and oxygen atoms in total. The van der Waals surface area contributed by atoms with Crippen molar-refractivity contribution in [2.45, 2.75) is 20.3 Å². The molecule has 0 saturated carbocycles. The fraction of sp³-hybridized carbons (Fsp3) is 0.182. The molecule has 2 aromatic carbocycles. The number of nitrogens with zero attached hydrogens (tertiary/aromatic N) is 2. The van der Waals surface area contributed by atoms with Crippen LogP contribution in [-0.2, 0) is 11.2 Å². The van der Waals surface area contributed by atoms with Gasteiger partial charge in [0.15, 0.2) is 4.96 Å². The van der Waals surface area contributed by atoms with Gasteiger partial charge in [0.25, 0.3) is 0 Å². The lowest BCUT2D eigenvalue weighted by molar-refractivity contribution is -0.115. The summed E-state index contributed by atoms with van der Waals surface area (Å²) in [5.41, 5.74) is 5.86. The van der Waals surface area contributed by atoms with Crippen LogP contribution in [0.25, 0.3) is 16.2 Å². The van der Waals surface area contributed by atoms with Crippen LogP contribution in [0.4, 0.5) is 5.69 Å². The molecule has 2 aromatic heterocycles. The second-order valence-corrected chi connectivity index (χ2v) is 7.62. The van der Waals surface area contributed by atoms with Crippen molar-refractivity contribution >= 4 is 27.9 Å². The van der Waals surface area contributed by atoms with Gasteiger partial charge in [-0.1, -0.05) is 29.8 Å². The van der Waals surface area contributed by atoms with Crippen molar-refractivity contribution in [3.63, 3.8) is 0 Å². The third-order valence-corrected chi connectivity index (χ3v) is 5.54. The molecule has 0 fully saturated rings. The van der Waals surface area contributed by atoms with Crippen molar-refractivity contribution in [1.29, 1.82) is 0 Å². The zero-order valence-electron chi connectivity index (χ0n) is 16.0. The molecule has 4 aromatic rings. The molecular weight excluding hydrogens is 370 g/mol. The van der Waals surface area contributed by atoms with Crippen LogP contribution in [0, 0.1) is 13.8 Å². The Kier molecular flexibility index (Phi) is 4.88. The number of benzene rings is 2. The molecule has 28 heavy (non-hydrogen) atoms. The number of amides is 1. The number of nitrogens with one attached hydrogen (secondary N) is 1. The average molecular weight is 391 g/mol. The van der Waals surface area contributed by atoms with Gasteiger partial charge < -0.3 is 10.1 Å². The molecular formula is C22H21N3O2S. The largest absolute Gasteiger partial charge is 0.497 e. The Balaban J connectivity index is 1.56. The fourth-order valence-corrected chi connectivity index (χ4v) is 4.06. The Morgan fingerprint density at radius 3 is 2.86 bits per heavy atom. The highest BCUT2D eigenvalue weighted by Crippen LogP contribution is 2.26. The molecule has 6 heteroatoms. The molecule has 1 N–H and O–H groups in total. The van der Waals surface area contributed by atoms with Crippen LogP contribution < -0.4 is 10.1 Å². The topological polar surface area (TPSA) is 55.6 Å². The molecule has 0 bridgehead atoms. The van der Waals surface area contributed by atoms with Crippen molar-refractivity contribution in [2.75, 3.05) is 12.4 Å². The minimum Gasteiger partial charge on any atom is -0.497 e. The zero-order valence-corrected chi connectivity index (χ0v) is 16.8. The van der Waals surface area contributed by atoms with Crippen molar-refractivity contribution in [3.05, 3.63) is 70.9 Å². The van der Waals surface area contributed by atoms with Crippen LogP contribution in [0.3, 0.4) is 0 Å². The third-order valence-electron chi connectivity index (χ3n) is 4.65. The normalized spacial score (nSPS) is 11.0. The van der Waals surface area contributed by atoms with Gasteiger partial charge in [-0.25, -0.2) is 4.98 Å². The second kappa shape index (κ2) is 7.48. The van der Waals surface area contributed by atoms with E-state index in [1.54, 1.807) is 7.11 Å². The number of methoxy groups -OCH3 is 1. The summed E-state index contributed by atoms with van der Waals surface area (Å²) in [5.74, 6) is 0.755. The molecule has 142 valence electrons. The number of thiazole rings is 1. The first-order valence-corrected chi connectivity index (χ1v) is 9.88. The van der Waals surface area contributed by atoms with Crippen molar-refractivity contribution in [2.24, 2.45) is 0 Å². The summed E-state index contributed by atoms with van der Waals surface area (Å²) >= 11 is 1.53. The number of imidazole rings is 1. The summed E-state index contributed by atoms with van der Waals surface area (Å²) in [6.07, 6.45) is 2.27. The van der Waals surface area contributed by atoms with E-state index in [0.717, 1.165) is 38.9 Å². The quantitative estimate of drug-likeness (QED) is 0.528. The predicted molar refractivity (Wildman–Crippen MR) is 113 cm³/mol. The lowest BCUT2D eigenvalue weighted by atomic mass is 10.1. The average Bonchev–Trinajstić information content (AvgIpc) is 3.26. The molecule has 0 radical (unpaired) electrons. The number of ether oxygens (including phenoxy) is 1. The van der Waals surface area contributed by atoms with Crippen LogP contribution >= 0.6 is 11.3 Å². The van der Waals surface area contributed by atoms with Crippen molar-refractivity contribution in [1.82, 2.24) is 9.38 Å². The molecule has 0 aliphatic heterocycles. The Morgan fingerprint density at radius 2 is 2.07 bits per heavy atom. The molecule has 1 amide bonds. The van der Waals surface area contributed by atoms with E-state index in [1.165, 1.54) is 16.9 Å². The Bertz CT molecular complexity index is 1160. The fourth-order valence-electron chi connectivity index (χ4n) is 3.19. The van der Waals surface area contributed by atoms with E-state index in [-0.39, 0.29) is 5.91 Å². The maximum absolute atomic E-state index is 12.6. The number of anilines is 1. The van der Waals surface area contributed by atoms with Gasteiger partial charge >= 0.3 is 0 Å². The first-order chi connectivity index (χ1) is 13.5. The minimum atomic E-state index is -0.0386. The maximum atomic E-state index is 12.6. The van der Waals surface area contributed by atoms with Gasteiger partial charge in [0.05, 0.1) is 19.2 Å². The highest BCUT2D eigenvalue weighted by Gasteiger charge is 2.13. The van der Waals surface area contributed by atoms with Crippen LogP contribution in [0.15, 0.2) is 54.0 Å². The summed E-state index contributed by atoms with van der Waals surface area (Å²) < 4.78 is 7.28. The molecule has 0 unspecified atom stereocenters. The summed E-state index contributed by atoms with van der Waals surface area (Å²) in [6, 6.07) is 13.8. The Morgan fingerprint density at radius 1 is 1.21 bits per heavy atom. The van der Waals surface area contributed by atoms with Crippen molar-refractivity contribution < 1.29 is 9.53 Å². The molecule has 0 atom stereocenters. The molecule has 2 heterocycles. The molecule has 0 spiro atoms. The van der Waals surface area contributed by atoms with E-state index in [1.807, 2.05) is 66.2 Å². The van der Waals surface area contributed by atoms with E-state index < -0.39 is 0 Å². The Labute approximate surface area is 167 Å². The van der Waals surface area contributed by atoms with E-state index in [9.17, 15) is 4.79 Å². The van der Waals surface area contributed by atoms with Gasteiger partial charge in [-0.05, 0) is 37.6 Å². The summed E-state index contributed by atoms with van der Waals surface area (Å²) in [7, 11) is 1.65. The van der Waals surface area contributed by atoms with Gasteiger partial charge in [0.1, 0.15) is 5.75 Å². The number of hydrogen-bond acceptors (Lipinski definition) is 4. The number of aryl methyl sites for hydroxylation is 2. The lowest BCUT2D eigenvalue weighted by Gasteiger charge is -2.09. The van der Waals surface area contributed by atoms with E-state index in [4.69, 9.17) is 4.74 Å². The minimum absolute atomic E-state index is 0.0386. The monoisotopic (exact) mass is 391 g/mol. The van der Waals surface area contributed by atoms with Gasteiger partial charge in [0.2, 0.25) is 5.91 Å². The first-order valence-electron chi connectivity index (χ1n) is 9.00. The van der Waals surface area contributed by atoms with Gasteiger partial charge in [-0.15, -0.1) is 11.3 Å². The summed E-state index contributed by atoms with van der Waals surface area (Å²) in [4.78, 5) is 18.1. The molecule has 0 aliphatic carbocycles. The van der Waals surface area contributed by atoms with Crippen LogP contribution in [-0.4, -0.2) is 22.4 Å². The van der Waals surface area contributed by atoms with Crippen LogP contribution in [0.5, 0.6) is 5.75 Å². The molecule has 0 saturated heterocycles. The van der Waals surface area contributed by atoms with Crippen LogP contribution in [0.1, 0.15) is 16.8 Å². The highest BCUT2D eigenvalue weighted by atomic mass is 32.1. The first kappa shape index (κ1) is 18.3. The number of carbonyl (C=O) groups excluding carboxylic acids is 1. The summed E-state index contributed by atoms with van der Waals surface area (Å²) in [6.45, 7) is 4.04. The van der Waals surface area contributed by atoms with Crippen molar-refractivity contribution in [3.8, 4) is 17.0 Å². The standard InChI is InChI=1S/C22H21N3O2S/c1-14-7-8-19(15(2)9-14)23-21(26)11-17-13-28-22-24-20(12-25(17)22)16-5-4-6-18(10-16)27-3/h4-10,12-13H,11H2,1-3H3,(H,23,26). The smallest absolute Gasteiger partial charge is 0.230 e. The van der Waals surface area contributed by atoms with Gasteiger partial charge in [-0.2, -0.15) is 0 Å².